The number of phenols is 1. The van der Waals surface area contributed by atoms with Crippen LogP contribution in [0.3, 0.4) is 0 Å². The van der Waals surface area contributed by atoms with Gasteiger partial charge in [0.05, 0.1) is 5.52 Å². The summed E-state index contributed by atoms with van der Waals surface area (Å²) in [7, 11) is 0. The van der Waals surface area contributed by atoms with Gasteiger partial charge in [0.15, 0.2) is 0 Å². The van der Waals surface area contributed by atoms with Gasteiger partial charge in [0.2, 0.25) is 0 Å². The highest BCUT2D eigenvalue weighted by Gasteiger charge is 2.19. The molecule has 3 aromatic rings. The average molecular weight is 240 g/mol. The number of benzene rings is 1. The minimum atomic E-state index is -1.18. The molecule has 0 fully saturated rings. The van der Waals surface area contributed by atoms with Gasteiger partial charge >= 0.3 is 5.97 Å². The summed E-state index contributed by atoms with van der Waals surface area (Å²) in [5.41, 5.74) is 0.831. The summed E-state index contributed by atoms with van der Waals surface area (Å²) in [6.07, 6.45) is 3.15. The fourth-order valence-electron chi connectivity index (χ4n) is 2.06. The van der Waals surface area contributed by atoms with Gasteiger partial charge in [-0.15, -0.1) is 0 Å². The summed E-state index contributed by atoms with van der Waals surface area (Å²) in [4.78, 5) is 19.6. The molecule has 0 unspecified atom stereocenters. The first-order chi connectivity index (χ1) is 8.70. The normalized spacial score (nSPS) is 10.9. The van der Waals surface area contributed by atoms with Gasteiger partial charge in [-0.3, -0.25) is 9.97 Å². The molecular weight excluding hydrogens is 232 g/mol. The van der Waals surface area contributed by atoms with E-state index in [4.69, 9.17) is 0 Å². The molecule has 0 amide bonds. The molecule has 18 heavy (non-hydrogen) atoms. The van der Waals surface area contributed by atoms with Crippen molar-refractivity contribution in [3.05, 3.63) is 42.2 Å². The van der Waals surface area contributed by atoms with Crippen LogP contribution < -0.4 is 0 Å². The van der Waals surface area contributed by atoms with Crippen LogP contribution in [-0.4, -0.2) is 26.2 Å². The molecule has 3 rings (SSSR count). The van der Waals surface area contributed by atoms with Crippen LogP contribution in [0.25, 0.3) is 21.8 Å². The number of carboxylic acids is 1. The second-order valence-electron chi connectivity index (χ2n) is 3.83. The molecule has 5 heteroatoms. The molecule has 0 radical (unpaired) electrons. The fraction of sp³-hybridized carbons (Fsp3) is 0. The highest BCUT2D eigenvalue weighted by Crippen LogP contribution is 2.34. The molecule has 0 saturated carbocycles. The van der Waals surface area contributed by atoms with Crippen molar-refractivity contribution in [2.75, 3.05) is 0 Å². The van der Waals surface area contributed by atoms with Crippen LogP contribution in [0.5, 0.6) is 5.75 Å². The number of aromatic hydroxyl groups is 1. The highest BCUT2D eigenvalue weighted by molar-refractivity contribution is 6.16. The number of nitrogens with zero attached hydrogens (tertiary/aromatic N) is 2. The Labute approximate surface area is 101 Å². The Morgan fingerprint density at radius 2 is 1.56 bits per heavy atom. The number of aromatic carboxylic acids is 1. The number of carbonyl (C=O) groups is 1. The zero-order valence-corrected chi connectivity index (χ0v) is 9.16. The van der Waals surface area contributed by atoms with Crippen LogP contribution in [0.4, 0.5) is 0 Å². The van der Waals surface area contributed by atoms with Gasteiger partial charge in [-0.1, -0.05) is 6.07 Å². The van der Waals surface area contributed by atoms with Crippen molar-refractivity contribution in [1.29, 1.82) is 0 Å². The minimum Gasteiger partial charge on any atom is -0.506 e. The Bertz CT molecular complexity index is 784. The first-order valence-corrected chi connectivity index (χ1v) is 5.28. The van der Waals surface area contributed by atoms with Crippen molar-refractivity contribution >= 4 is 27.8 Å². The third-order valence-corrected chi connectivity index (χ3v) is 2.81. The number of carboxylic acid groups (broad SMARTS) is 1. The SMILES string of the molecule is O=C(O)c1c(O)c2cccnc2c2ncccc12. The summed E-state index contributed by atoms with van der Waals surface area (Å²) < 4.78 is 0. The lowest BCUT2D eigenvalue weighted by Crippen LogP contribution is -2.00. The summed E-state index contributed by atoms with van der Waals surface area (Å²) in [6.45, 7) is 0. The number of aromatic nitrogens is 2. The van der Waals surface area contributed by atoms with Crippen molar-refractivity contribution in [3.63, 3.8) is 0 Å². The molecule has 88 valence electrons. The largest absolute Gasteiger partial charge is 0.506 e. The quantitative estimate of drug-likeness (QED) is 0.637. The zero-order chi connectivity index (χ0) is 12.7. The van der Waals surface area contributed by atoms with E-state index in [1.54, 1.807) is 36.7 Å². The van der Waals surface area contributed by atoms with E-state index in [1.807, 2.05) is 0 Å². The Morgan fingerprint density at radius 1 is 1.00 bits per heavy atom. The molecule has 2 N–H and O–H groups in total. The molecule has 0 bridgehead atoms. The molecule has 5 nitrogen and oxygen atoms in total. The van der Waals surface area contributed by atoms with E-state index in [2.05, 4.69) is 9.97 Å². The van der Waals surface area contributed by atoms with Crippen molar-refractivity contribution < 1.29 is 15.0 Å². The first-order valence-electron chi connectivity index (χ1n) is 5.28. The minimum absolute atomic E-state index is 0.140. The monoisotopic (exact) mass is 240 g/mol. The van der Waals surface area contributed by atoms with Crippen molar-refractivity contribution in [1.82, 2.24) is 9.97 Å². The molecule has 1 aromatic carbocycles. The molecule has 2 heterocycles. The van der Waals surface area contributed by atoms with Gasteiger partial charge in [0.25, 0.3) is 0 Å². The summed E-state index contributed by atoms with van der Waals surface area (Å²) in [6, 6.07) is 6.50. The van der Waals surface area contributed by atoms with E-state index in [0.29, 0.717) is 21.8 Å². The lowest BCUT2D eigenvalue weighted by Gasteiger charge is -2.08. The Balaban J connectivity index is 2.66. The third kappa shape index (κ3) is 1.31. The molecule has 0 aliphatic heterocycles. The summed E-state index contributed by atoms with van der Waals surface area (Å²) in [5, 5.41) is 20.1. The number of rotatable bonds is 1. The van der Waals surface area contributed by atoms with Crippen LogP contribution in [0, 0.1) is 0 Å². The average Bonchev–Trinajstić information content (AvgIpc) is 2.39. The van der Waals surface area contributed by atoms with Gasteiger partial charge in [0, 0.05) is 23.2 Å². The Hall–Kier alpha value is -2.69. The van der Waals surface area contributed by atoms with Gasteiger partial charge < -0.3 is 10.2 Å². The maximum atomic E-state index is 11.3. The maximum absolute atomic E-state index is 11.3. The molecule has 0 saturated heterocycles. The third-order valence-electron chi connectivity index (χ3n) is 2.81. The highest BCUT2D eigenvalue weighted by atomic mass is 16.4. The molecule has 0 spiro atoms. The lowest BCUT2D eigenvalue weighted by molar-refractivity contribution is 0.0696. The van der Waals surface area contributed by atoms with Crippen LogP contribution in [0.1, 0.15) is 10.4 Å². The second kappa shape index (κ2) is 3.66. The number of hydrogen-bond acceptors (Lipinski definition) is 4. The Morgan fingerprint density at radius 3 is 2.17 bits per heavy atom. The van der Waals surface area contributed by atoms with Crippen molar-refractivity contribution in [2.45, 2.75) is 0 Å². The smallest absolute Gasteiger partial charge is 0.340 e. The molecule has 2 aromatic heterocycles. The van der Waals surface area contributed by atoms with E-state index in [-0.39, 0.29) is 11.3 Å². The van der Waals surface area contributed by atoms with Crippen molar-refractivity contribution in [3.8, 4) is 5.75 Å². The second-order valence-corrected chi connectivity index (χ2v) is 3.83. The zero-order valence-electron chi connectivity index (χ0n) is 9.16. The standard InChI is InChI=1S/C13H8N2O3/c16-12-8-4-2-6-15-11(8)10-7(3-1-5-14-10)9(12)13(17)18/h1-6,16H,(H,17,18). The summed E-state index contributed by atoms with van der Waals surface area (Å²) >= 11 is 0. The number of hydrogen-bond donors (Lipinski definition) is 2. The molecule has 0 atom stereocenters. The molecule has 0 aliphatic carbocycles. The maximum Gasteiger partial charge on any atom is 0.340 e. The first kappa shape index (κ1) is 10.5. The van der Waals surface area contributed by atoms with E-state index < -0.39 is 5.97 Å². The number of fused-ring (bicyclic) bond motifs is 3. The van der Waals surface area contributed by atoms with Crippen LogP contribution in [0.2, 0.25) is 0 Å². The summed E-state index contributed by atoms with van der Waals surface area (Å²) in [5.74, 6) is -1.46. The van der Waals surface area contributed by atoms with E-state index in [9.17, 15) is 15.0 Å². The van der Waals surface area contributed by atoms with Gasteiger partial charge in [-0.25, -0.2) is 4.79 Å². The van der Waals surface area contributed by atoms with Gasteiger partial charge in [0.1, 0.15) is 16.8 Å². The van der Waals surface area contributed by atoms with Crippen LogP contribution in [0.15, 0.2) is 36.7 Å². The van der Waals surface area contributed by atoms with E-state index >= 15 is 0 Å². The van der Waals surface area contributed by atoms with E-state index in [0.717, 1.165) is 0 Å². The van der Waals surface area contributed by atoms with Gasteiger partial charge in [-0.2, -0.15) is 0 Å². The van der Waals surface area contributed by atoms with Crippen LogP contribution >= 0.6 is 0 Å². The Kier molecular flexibility index (Phi) is 2.13. The van der Waals surface area contributed by atoms with E-state index in [1.165, 1.54) is 0 Å². The topological polar surface area (TPSA) is 83.3 Å². The van der Waals surface area contributed by atoms with Crippen molar-refractivity contribution in [2.24, 2.45) is 0 Å². The van der Waals surface area contributed by atoms with Gasteiger partial charge in [-0.05, 0) is 18.2 Å². The molecule has 0 aliphatic rings. The molecular formula is C13H8N2O3. The fourth-order valence-corrected chi connectivity index (χ4v) is 2.06. The van der Waals surface area contributed by atoms with Crippen LogP contribution in [-0.2, 0) is 0 Å². The lowest BCUT2D eigenvalue weighted by atomic mass is 10.0. The predicted octanol–water partition coefficient (Wildman–Crippen LogP) is 2.19. The number of pyridine rings is 2. The predicted molar refractivity (Wildman–Crippen MR) is 65.7 cm³/mol.